The van der Waals surface area contributed by atoms with Crippen LogP contribution in [-0.2, 0) is 14.3 Å². The molecule has 2 atom stereocenters. The molecule has 6 heteroatoms. The molecule has 0 unspecified atom stereocenters. The van der Waals surface area contributed by atoms with Crippen molar-refractivity contribution in [3.8, 4) is 0 Å². The number of ketones is 2. The van der Waals surface area contributed by atoms with E-state index in [1.54, 1.807) is 11.8 Å². The number of nitrogens with zero attached hydrogens (tertiary/aromatic N) is 1. The van der Waals surface area contributed by atoms with E-state index >= 15 is 0 Å². The molecule has 0 aromatic heterocycles. The van der Waals surface area contributed by atoms with Crippen LogP contribution < -0.4 is 0 Å². The van der Waals surface area contributed by atoms with Crippen LogP contribution >= 0.6 is 15.9 Å². The Morgan fingerprint density at radius 3 is 2.42 bits per heavy atom. The molecule has 1 aliphatic heterocycles. The minimum atomic E-state index is -0.546. The van der Waals surface area contributed by atoms with E-state index in [9.17, 15) is 14.4 Å². The fourth-order valence-electron chi connectivity index (χ4n) is 3.08. The Bertz CT molecular complexity index is 458. The number of hydrogen-bond acceptors (Lipinski definition) is 4. The van der Waals surface area contributed by atoms with Crippen molar-refractivity contribution in [2.24, 2.45) is 11.8 Å². The SMILES string of the molecule is CC(=O)[C@H]1CCN(C(=O)OC(C)(C)C)C[C@@H]1CC(=O)CCCCBr. The predicted octanol–water partition coefficient (Wildman–Crippen LogP) is 3.97. The molecule has 0 radical (unpaired) electrons. The average Bonchev–Trinajstić information content (AvgIpc) is 2.45. The van der Waals surface area contributed by atoms with Crippen LogP contribution in [0, 0.1) is 11.8 Å². The van der Waals surface area contributed by atoms with Gasteiger partial charge < -0.3 is 9.64 Å². The third-order valence-electron chi connectivity index (χ3n) is 4.24. The highest BCUT2D eigenvalue weighted by Crippen LogP contribution is 2.29. The Morgan fingerprint density at radius 1 is 1.21 bits per heavy atom. The van der Waals surface area contributed by atoms with Gasteiger partial charge >= 0.3 is 6.09 Å². The van der Waals surface area contributed by atoms with Crippen LogP contribution in [0.4, 0.5) is 4.79 Å². The number of ether oxygens (including phenoxy) is 1. The Hall–Kier alpha value is -0.910. The fraction of sp³-hybridized carbons (Fsp3) is 0.833. The number of alkyl halides is 1. The predicted molar refractivity (Wildman–Crippen MR) is 97.4 cm³/mol. The highest BCUT2D eigenvalue weighted by Gasteiger charge is 2.36. The van der Waals surface area contributed by atoms with Crippen molar-refractivity contribution in [3.63, 3.8) is 0 Å². The van der Waals surface area contributed by atoms with Crippen molar-refractivity contribution < 1.29 is 19.1 Å². The quantitative estimate of drug-likeness (QED) is 0.476. The van der Waals surface area contributed by atoms with Crippen LogP contribution in [0.5, 0.6) is 0 Å². The van der Waals surface area contributed by atoms with Gasteiger partial charge in [0, 0.05) is 37.2 Å². The van der Waals surface area contributed by atoms with Crippen LogP contribution in [0.25, 0.3) is 0 Å². The molecule has 0 saturated carbocycles. The van der Waals surface area contributed by atoms with Crippen LogP contribution in [0.2, 0.25) is 0 Å². The topological polar surface area (TPSA) is 63.7 Å². The molecule has 5 nitrogen and oxygen atoms in total. The van der Waals surface area contributed by atoms with Crippen LogP contribution in [0.3, 0.4) is 0 Å². The molecule has 0 aromatic carbocycles. The number of piperidine rings is 1. The molecule has 1 heterocycles. The zero-order valence-corrected chi connectivity index (χ0v) is 16.9. The number of carbonyl (C=O) groups is 3. The molecule has 0 N–H and O–H groups in total. The number of carbonyl (C=O) groups excluding carboxylic acids is 3. The van der Waals surface area contributed by atoms with E-state index in [0.717, 1.165) is 18.2 Å². The van der Waals surface area contributed by atoms with E-state index in [0.29, 0.717) is 32.4 Å². The zero-order chi connectivity index (χ0) is 18.3. The van der Waals surface area contributed by atoms with Crippen molar-refractivity contribution >= 4 is 33.6 Å². The van der Waals surface area contributed by atoms with Crippen molar-refractivity contribution in [3.05, 3.63) is 0 Å². The molecule has 138 valence electrons. The normalized spacial score (nSPS) is 21.5. The van der Waals surface area contributed by atoms with E-state index in [4.69, 9.17) is 4.74 Å². The van der Waals surface area contributed by atoms with Gasteiger partial charge in [-0.2, -0.15) is 0 Å². The summed E-state index contributed by atoms with van der Waals surface area (Å²) in [6.07, 6.45) is 2.98. The first-order chi connectivity index (χ1) is 11.1. The van der Waals surface area contributed by atoms with Gasteiger partial charge in [-0.3, -0.25) is 9.59 Å². The molecular weight excluding hydrogens is 374 g/mol. The Labute approximate surface area is 153 Å². The van der Waals surface area contributed by atoms with E-state index < -0.39 is 5.60 Å². The number of unbranched alkanes of at least 4 members (excludes halogenated alkanes) is 1. The van der Waals surface area contributed by atoms with Gasteiger partial charge in [0.05, 0.1) is 0 Å². The minimum absolute atomic E-state index is 0.0970. The number of likely N-dealkylation sites (tertiary alicyclic amines) is 1. The smallest absolute Gasteiger partial charge is 0.410 e. The van der Waals surface area contributed by atoms with Crippen LogP contribution in [-0.4, -0.2) is 46.6 Å². The van der Waals surface area contributed by atoms with Crippen molar-refractivity contribution in [2.75, 3.05) is 18.4 Å². The van der Waals surface area contributed by atoms with E-state index in [1.165, 1.54) is 0 Å². The third-order valence-corrected chi connectivity index (χ3v) is 4.80. The van der Waals surface area contributed by atoms with Gasteiger partial charge in [-0.05, 0) is 52.9 Å². The molecule has 0 aliphatic carbocycles. The number of hydrogen-bond donors (Lipinski definition) is 0. The lowest BCUT2D eigenvalue weighted by Crippen LogP contribution is -2.47. The number of amides is 1. The average molecular weight is 404 g/mol. The minimum Gasteiger partial charge on any atom is -0.444 e. The maximum atomic E-state index is 12.3. The summed E-state index contributed by atoms with van der Waals surface area (Å²) in [7, 11) is 0. The summed E-state index contributed by atoms with van der Waals surface area (Å²) in [5, 5.41) is 0.895. The van der Waals surface area contributed by atoms with Gasteiger partial charge in [0.25, 0.3) is 0 Å². The maximum Gasteiger partial charge on any atom is 0.410 e. The molecule has 1 rings (SSSR count). The first kappa shape index (κ1) is 21.1. The monoisotopic (exact) mass is 403 g/mol. The molecular formula is C18H30BrNO4. The fourth-order valence-corrected chi connectivity index (χ4v) is 3.47. The molecule has 0 spiro atoms. The first-order valence-corrected chi connectivity index (χ1v) is 9.82. The molecule has 1 fully saturated rings. The summed E-state index contributed by atoms with van der Waals surface area (Å²) >= 11 is 3.36. The van der Waals surface area contributed by atoms with Crippen molar-refractivity contribution in [2.45, 2.75) is 65.4 Å². The summed E-state index contributed by atoms with van der Waals surface area (Å²) in [6, 6.07) is 0. The van der Waals surface area contributed by atoms with E-state index in [-0.39, 0.29) is 29.5 Å². The highest BCUT2D eigenvalue weighted by atomic mass is 79.9. The van der Waals surface area contributed by atoms with Crippen molar-refractivity contribution in [1.29, 1.82) is 0 Å². The van der Waals surface area contributed by atoms with Gasteiger partial charge in [-0.25, -0.2) is 4.79 Å². The standard InChI is InChI=1S/C18H30BrNO4/c1-13(21)16-8-10-20(17(23)24-18(2,3)4)12-14(16)11-15(22)7-5-6-9-19/h14,16H,5-12H2,1-4H3/t14-,16+/m0/s1. The zero-order valence-electron chi connectivity index (χ0n) is 15.3. The molecule has 1 aliphatic rings. The first-order valence-electron chi connectivity index (χ1n) is 8.70. The third kappa shape index (κ3) is 7.32. The van der Waals surface area contributed by atoms with Crippen molar-refractivity contribution in [1.82, 2.24) is 4.90 Å². The highest BCUT2D eigenvalue weighted by molar-refractivity contribution is 9.09. The molecule has 0 aromatic rings. The Morgan fingerprint density at radius 2 is 1.88 bits per heavy atom. The van der Waals surface area contributed by atoms with E-state index in [2.05, 4.69) is 15.9 Å². The molecule has 24 heavy (non-hydrogen) atoms. The lowest BCUT2D eigenvalue weighted by atomic mass is 9.79. The number of halogens is 1. The second-order valence-corrected chi connectivity index (χ2v) is 8.37. The second kappa shape index (κ2) is 9.54. The second-order valence-electron chi connectivity index (χ2n) is 7.58. The largest absolute Gasteiger partial charge is 0.444 e. The molecule has 0 bridgehead atoms. The summed E-state index contributed by atoms with van der Waals surface area (Å²) in [6.45, 7) is 8.00. The number of Topliss-reactive ketones (excluding diaryl/α,β-unsaturated/α-hetero) is 2. The maximum absolute atomic E-state index is 12.3. The molecule has 1 saturated heterocycles. The summed E-state index contributed by atoms with van der Waals surface area (Å²) < 4.78 is 5.42. The van der Waals surface area contributed by atoms with Gasteiger partial charge in [0.1, 0.15) is 17.2 Å². The lowest BCUT2D eigenvalue weighted by Gasteiger charge is -2.38. The number of rotatable bonds is 7. The Kier molecular flexibility index (Phi) is 8.40. The molecule has 1 amide bonds. The lowest BCUT2D eigenvalue weighted by molar-refractivity contribution is -0.126. The van der Waals surface area contributed by atoms with Crippen LogP contribution in [0.1, 0.15) is 59.8 Å². The summed E-state index contributed by atoms with van der Waals surface area (Å²) in [4.78, 5) is 38.0. The van der Waals surface area contributed by atoms with Gasteiger partial charge in [-0.1, -0.05) is 15.9 Å². The van der Waals surface area contributed by atoms with Gasteiger partial charge in [0.2, 0.25) is 0 Å². The van der Waals surface area contributed by atoms with Gasteiger partial charge in [0.15, 0.2) is 0 Å². The van der Waals surface area contributed by atoms with E-state index in [1.807, 2.05) is 20.8 Å². The Balaban J connectivity index is 2.67. The van der Waals surface area contributed by atoms with Gasteiger partial charge in [-0.15, -0.1) is 0 Å². The summed E-state index contributed by atoms with van der Waals surface area (Å²) in [5.74, 6) is 0.0550. The van der Waals surface area contributed by atoms with Crippen LogP contribution in [0.15, 0.2) is 0 Å². The summed E-state index contributed by atoms with van der Waals surface area (Å²) in [5.41, 5.74) is -0.546.